The van der Waals surface area contributed by atoms with Gasteiger partial charge in [-0.1, -0.05) is 159 Å². The second-order valence-electron chi connectivity index (χ2n) is 10.7. The predicted molar refractivity (Wildman–Crippen MR) is 200 cm³/mol. The molecule has 0 atom stereocenters. The maximum Gasteiger partial charge on any atom is 0.153 e. The average molecular weight is 676 g/mol. The molecule has 0 unspecified atom stereocenters. The van der Waals surface area contributed by atoms with Crippen molar-refractivity contribution in [1.82, 2.24) is 0 Å². The van der Waals surface area contributed by atoms with Crippen LogP contribution in [0.15, 0.2) is 180 Å². The Morgan fingerprint density at radius 1 is 0.340 bits per heavy atom. The molecule has 0 amide bonds. The van der Waals surface area contributed by atoms with Gasteiger partial charge in [0, 0.05) is 11.1 Å². The molecule has 7 aromatic rings. The van der Waals surface area contributed by atoms with E-state index < -0.39 is 0 Å². The van der Waals surface area contributed by atoms with Crippen LogP contribution in [0.4, 0.5) is 0 Å². The molecule has 0 N–H and O–H groups in total. The summed E-state index contributed by atoms with van der Waals surface area (Å²) in [6.45, 7) is 4.00. The predicted octanol–water partition coefficient (Wildman–Crippen LogP) is 13.7. The molecule has 2 nitrogen and oxygen atoms in total. The monoisotopic (exact) mass is 674 g/mol. The number of benzene rings is 7. The van der Waals surface area contributed by atoms with E-state index in [1.807, 2.05) is 111 Å². The lowest BCUT2D eigenvalue weighted by Crippen LogP contribution is -1.97. The van der Waals surface area contributed by atoms with Crippen molar-refractivity contribution in [3.63, 3.8) is 0 Å². The highest BCUT2D eigenvalue weighted by Crippen LogP contribution is 2.51. The quantitative estimate of drug-likeness (QED) is 0.160. The van der Waals surface area contributed by atoms with E-state index in [0.717, 1.165) is 60.5 Å². The smallest absolute Gasteiger partial charge is 0.153 e. The summed E-state index contributed by atoms with van der Waals surface area (Å²) in [7, 11) is 0. The normalized spacial score (nSPS) is 10.4. The van der Waals surface area contributed by atoms with Crippen molar-refractivity contribution >= 4 is 15.9 Å². The summed E-state index contributed by atoms with van der Waals surface area (Å²) >= 11 is 3.97. The molecular weight excluding hydrogens is 640 g/mol. The van der Waals surface area contributed by atoms with Crippen LogP contribution < -0.4 is 9.47 Å². The van der Waals surface area contributed by atoms with Crippen molar-refractivity contribution in [3.8, 4) is 67.5 Å². The summed E-state index contributed by atoms with van der Waals surface area (Å²) in [6, 6.07) is 59.9. The molecule has 0 spiro atoms. The summed E-state index contributed by atoms with van der Waals surface area (Å²) in [5.41, 5.74) is 8.43. The van der Waals surface area contributed by atoms with Gasteiger partial charge < -0.3 is 9.47 Å². The lowest BCUT2D eigenvalue weighted by atomic mass is 9.97. The molecular formula is C44H35BrO2. The van der Waals surface area contributed by atoms with Crippen LogP contribution in [0, 0.1) is 0 Å². The van der Waals surface area contributed by atoms with Crippen LogP contribution >= 0.6 is 15.9 Å². The van der Waals surface area contributed by atoms with E-state index >= 15 is 0 Å². The number of hydrogen-bond donors (Lipinski definition) is 0. The molecule has 47 heavy (non-hydrogen) atoms. The minimum Gasteiger partial charge on any atom is -0.455 e. The molecule has 0 saturated heterocycles. The van der Waals surface area contributed by atoms with Crippen molar-refractivity contribution in [2.45, 2.75) is 13.8 Å². The van der Waals surface area contributed by atoms with Gasteiger partial charge in [0.2, 0.25) is 0 Å². The van der Waals surface area contributed by atoms with E-state index in [0.29, 0.717) is 11.5 Å². The fourth-order valence-electron chi connectivity index (χ4n) is 5.45. The van der Waals surface area contributed by atoms with Crippen molar-refractivity contribution in [2.75, 3.05) is 0 Å². The van der Waals surface area contributed by atoms with Gasteiger partial charge in [-0.2, -0.15) is 0 Å². The minimum absolute atomic E-state index is 0.681. The molecule has 0 aliphatic heterocycles. The van der Waals surface area contributed by atoms with Gasteiger partial charge in [-0.25, -0.2) is 0 Å². The SMILES string of the molecule is Brc1c(Oc2cccc(-c3ccccc3)c2)c(-c2ccccc2)cc(-c2ccccc2)c1Oc1cccc(-c2ccccc2)c1.CC. The van der Waals surface area contributed by atoms with Crippen molar-refractivity contribution in [2.24, 2.45) is 0 Å². The number of halogens is 1. The van der Waals surface area contributed by atoms with Crippen LogP contribution in [-0.4, -0.2) is 0 Å². The third kappa shape index (κ3) is 7.38. The Kier molecular flexibility index (Phi) is 10.3. The summed E-state index contributed by atoms with van der Waals surface area (Å²) in [5, 5.41) is 0. The van der Waals surface area contributed by atoms with Crippen molar-refractivity contribution in [1.29, 1.82) is 0 Å². The Morgan fingerprint density at radius 2 is 0.660 bits per heavy atom. The molecule has 0 aliphatic carbocycles. The Morgan fingerprint density at radius 3 is 1.02 bits per heavy atom. The van der Waals surface area contributed by atoms with Crippen LogP contribution in [0.1, 0.15) is 13.8 Å². The molecule has 0 aliphatic rings. The van der Waals surface area contributed by atoms with E-state index in [1.54, 1.807) is 0 Å². The highest BCUT2D eigenvalue weighted by molar-refractivity contribution is 9.10. The number of hydrogen-bond acceptors (Lipinski definition) is 2. The van der Waals surface area contributed by atoms with E-state index in [9.17, 15) is 0 Å². The van der Waals surface area contributed by atoms with Gasteiger partial charge in [-0.05, 0) is 79.6 Å². The second kappa shape index (κ2) is 15.3. The van der Waals surface area contributed by atoms with Gasteiger partial charge >= 0.3 is 0 Å². The third-order valence-corrected chi connectivity index (χ3v) is 8.39. The maximum atomic E-state index is 6.79. The molecule has 3 heteroatoms. The highest BCUT2D eigenvalue weighted by atomic mass is 79.9. The van der Waals surface area contributed by atoms with E-state index in [1.165, 1.54) is 0 Å². The van der Waals surface area contributed by atoms with Gasteiger partial charge in [-0.3, -0.25) is 0 Å². The zero-order valence-electron chi connectivity index (χ0n) is 26.4. The summed E-state index contributed by atoms with van der Waals surface area (Å²) in [6.07, 6.45) is 0. The summed E-state index contributed by atoms with van der Waals surface area (Å²) in [5.74, 6) is 2.83. The van der Waals surface area contributed by atoms with Gasteiger partial charge in [0.15, 0.2) is 11.5 Å². The topological polar surface area (TPSA) is 18.5 Å². The Hall–Kier alpha value is -5.38. The standard InChI is InChI=1S/C42H29BrO2.C2H6/c43-40-41(44-36-25-13-23-34(27-36)30-15-5-1-6-16-30)38(32-19-9-3-10-20-32)29-39(33-21-11-4-12-22-33)42(40)45-37-26-14-24-35(28-37)31-17-7-2-8-18-31;1-2/h1-29H;1-2H3. The molecule has 7 rings (SSSR count). The summed E-state index contributed by atoms with van der Waals surface area (Å²) < 4.78 is 14.3. The van der Waals surface area contributed by atoms with Gasteiger partial charge in [0.1, 0.15) is 16.0 Å². The van der Waals surface area contributed by atoms with Crippen LogP contribution in [0.2, 0.25) is 0 Å². The molecule has 0 bridgehead atoms. The van der Waals surface area contributed by atoms with Crippen molar-refractivity contribution in [3.05, 3.63) is 180 Å². The first kappa shape index (κ1) is 31.6. The molecule has 230 valence electrons. The van der Waals surface area contributed by atoms with E-state index in [4.69, 9.17) is 9.47 Å². The first-order valence-electron chi connectivity index (χ1n) is 15.9. The fraction of sp³-hybridized carbons (Fsp3) is 0.0455. The van der Waals surface area contributed by atoms with Crippen LogP contribution in [0.25, 0.3) is 44.5 Å². The van der Waals surface area contributed by atoms with Gasteiger partial charge in [0.25, 0.3) is 0 Å². The molecule has 0 heterocycles. The van der Waals surface area contributed by atoms with E-state index in [-0.39, 0.29) is 0 Å². The summed E-state index contributed by atoms with van der Waals surface area (Å²) in [4.78, 5) is 0. The second-order valence-corrected chi connectivity index (χ2v) is 11.5. The molecule has 0 fully saturated rings. The molecule has 0 radical (unpaired) electrons. The van der Waals surface area contributed by atoms with Crippen LogP contribution in [0.3, 0.4) is 0 Å². The van der Waals surface area contributed by atoms with Gasteiger partial charge in [0.05, 0.1) is 0 Å². The lowest BCUT2D eigenvalue weighted by Gasteiger charge is -2.21. The van der Waals surface area contributed by atoms with Crippen LogP contribution in [-0.2, 0) is 0 Å². The van der Waals surface area contributed by atoms with Crippen molar-refractivity contribution < 1.29 is 9.47 Å². The first-order valence-corrected chi connectivity index (χ1v) is 16.7. The Balaban J connectivity index is 0.00000190. The molecule has 0 saturated carbocycles. The maximum absolute atomic E-state index is 6.79. The molecule has 7 aromatic carbocycles. The fourth-order valence-corrected chi connectivity index (χ4v) is 6.04. The zero-order chi connectivity index (χ0) is 32.4. The zero-order valence-corrected chi connectivity index (χ0v) is 28.0. The molecule has 0 aromatic heterocycles. The number of rotatable bonds is 8. The number of ether oxygens (including phenoxy) is 2. The van der Waals surface area contributed by atoms with E-state index in [2.05, 4.69) is 94.8 Å². The first-order chi connectivity index (χ1) is 23.2. The third-order valence-electron chi connectivity index (χ3n) is 7.67. The van der Waals surface area contributed by atoms with Gasteiger partial charge in [-0.15, -0.1) is 0 Å². The Bertz CT molecular complexity index is 1890. The average Bonchev–Trinajstić information content (AvgIpc) is 3.16. The highest BCUT2D eigenvalue weighted by Gasteiger charge is 2.23. The Labute approximate surface area is 286 Å². The lowest BCUT2D eigenvalue weighted by molar-refractivity contribution is 0.457. The minimum atomic E-state index is 0.681. The largest absolute Gasteiger partial charge is 0.455 e. The van der Waals surface area contributed by atoms with Crippen LogP contribution in [0.5, 0.6) is 23.0 Å².